The molecule has 2 unspecified atom stereocenters. The van der Waals surface area contributed by atoms with Crippen molar-refractivity contribution in [1.29, 1.82) is 0 Å². The van der Waals surface area contributed by atoms with Crippen molar-refractivity contribution >= 4 is 5.78 Å². The average molecular weight is 302 g/mol. The number of ketones is 1. The molecule has 0 amide bonds. The van der Waals surface area contributed by atoms with Gasteiger partial charge in [-0.3, -0.25) is 4.79 Å². The zero-order valence-corrected chi connectivity index (χ0v) is 14.3. The predicted octanol–water partition coefficient (Wildman–Crippen LogP) is 4.27. The maximum Gasteiger partial charge on any atom is 0.139 e. The molecule has 2 heteroatoms. The molecule has 22 heavy (non-hydrogen) atoms. The summed E-state index contributed by atoms with van der Waals surface area (Å²) in [6.45, 7) is 7.11. The molecule has 0 aromatic heterocycles. The van der Waals surface area contributed by atoms with Crippen molar-refractivity contribution < 1.29 is 9.90 Å². The van der Waals surface area contributed by atoms with Crippen molar-refractivity contribution in [3.63, 3.8) is 0 Å². The largest absolute Gasteiger partial charge is 0.393 e. The molecular formula is C20H30O2. The van der Waals surface area contributed by atoms with Gasteiger partial charge in [-0.05, 0) is 67.6 Å². The molecule has 122 valence electrons. The number of carbonyl (C=O) groups excluding carboxylic acids is 1. The lowest BCUT2D eigenvalue weighted by molar-refractivity contribution is -0.141. The monoisotopic (exact) mass is 302 g/mol. The molecule has 4 aliphatic carbocycles. The van der Waals surface area contributed by atoms with E-state index in [4.69, 9.17) is 0 Å². The number of aliphatic hydroxyl groups excluding tert-OH is 1. The van der Waals surface area contributed by atoms with E-state index in [-0.39, 0.29) is 22.3 Å². The fourth-order valence-electron chi connectivity index (χ4n) is 6.76. The van der Waals surface area contributed by atoms with Crippen LogP contribution < -0.4 is 0 Å². The molecule has 4 rings (SSSR count). The van der Waals surface area contributed by atoms with Gasteiger partial charge in [-0.2, -0.15) is 0 Å². The zero-order chi connectivity index (χ0) is 15.8. The van der Waals surface area contributed by atoms with Gasteiger partial charge >= 0.3 is 0 Å². The van der Waals surface area contributed by atoms with Crippen LogP contribution in [0.1, 0.15) is 72.1 Å². The van der Waals surface area contributed by atoms with Gasteiger partial charge in [0.15, 0.2) is 0 Å². The fourth-order valence-corrected chi connectivity index (χ4v) is 6.76. The standard InChI is InChI=1S/C20H30O2/c1-18-9-6-14(21)12-13(18)4-5-16-15(18)7-10-20(3)17(22)8-11-19(16,20)2/h4,14-16,21H,5-12H2,1-3H3/t14-,15?,16?,18-,19-,20+/m0/s1. The highest BCUT2D eigenvalue weighted by Crippen LogP contribution is 2.69. The van der Waals surface area contributed by atoms with Gasteiger partial charge in [0.1, 0.15) is 5.78 Å². The zero-order valence-electron chi connectivity index (χ0n) is 14.3. The van der Waals surface area contributed by atoms with Crippen LogP contribution >= 0.6 is 0 Å². The van der Waals surface area contributed by atoms with Crippen molar-refractivity contribution in [2.75, 3.05) is 0 Å². The Balaban J connectivity index is 1.75. The third-order valence-corrected chi connectivity index (χ3v) is 8.63. The highest BCUT2D eigenvalue weighted by molar-refractivity contribution is 5.88. The molecule has 1 N–H and O–H groups in total. The first-order valence-corrected chi connectivity index (χ1v) is 9.22. The molecule has 4 aliphatic rings. The number of hydrogen-bond acceptors (Lipinski definition) is 2. The maximum atomic E-state index is 12.6. The summed E-state index contributed by atoms with van der Waals surface area (Å²) in [5, 5.41) is 10.0. The molecular weight excluding hydrogens is 272 g/mol. The third-order valence-electron chi connectivity index (χ3n) is 8.63. The molecule has 0 bridgehead atoms. The minimum Gasteiger partial charge on any atom is -0.393 e. The summed E-state index contributed by atoms with van der Waals surface area (Å²) in [6.07, 6.45) is 10.6. The molecule has 3 saturated carbocycles. The number of rotatable bonds is 0. The molecule has 2 nitrogen and oxygen atoms in total. The number of allylic oxidation sites excluding steroid dienone is 1. The van der Waals surface area contributed by atoms with E-state index >= 15 is 0 Å². The molecule has 0 radical (unpaired) electrons. The number of carbonyl (C=O) groups is 1. The van der Waals surface area contributed by atoms with E-state index in [9.17, 15) is 9.90 Å². The predicted molar refractivity (Wildman–Crippen MR) is 87.3 cm³/mol. The molecule has 3 fully saturated rings. The first-order valence-electron chi connectivity index (χ1n) is 9.22. The highest BCUT2D eigenvalue weighted by atomic mass is 16.3. The van der Waals surface area contributed by atoms with E-state index in [1.807, 2.05) is 0 Å². The van der Waals surface area contributed by atoms with Crippen LogP contribution in [-0.4, -0.2) is 17.0 Å². The van der Waals surface area contributed by atoms with Gasteiger partial charge in [-0.1, -0.05) is 32.4 Å². The minimum atomic E-state index is -0.131. The van der Waals surface area contributed by atoms with Crippen LogP contribution in [0.15, 0.2) is 11.6 Å². The van der Waals surface area contributed by atoms with Crippen LogP contribution in [0.2, 0.25) is 0 Å². The average Bonchev–Trinajstić information content (AvgIpc) is 2.72. The second kappa shape index (κ2) is 4.47. The SMILES string of the molecule is C[C@]12CC[C@H](O)CC1=CCC1C2CC[C@]2(C)C(=O)CC[C@@]12C. The molecule has 0 aromatic rings. The summed E-state index contributed by atoms with van der Waals surface area (Å²) >= 11 is 0. The van der Waals surface area contributed by atoms with Gasteiger partial charge in [-0.25, -0.2) is 0 Å². The molecule has 6 atom stereocenters. The Hall–Kier alpha value is -0.630. The molecule has 0 heterocycles. The van der Waals surface area contributed by atoms with Crippen LogP contribution in [0.5, 0.6) is 0 Å². The summed E-state index contributed by atoms with van der Waals surface area (Å²) in [5.74, 6) is 1.89. The molecule has 0 aromatic carbocycles. The van der Waals surface area contributed by atoms with Crippen molar-refractivity contribution in [3.8, 4) is 0 Å². The lowest BCUT2D eigenvalue weighted by atomic mass is 9.43. The van der Waals surface area contributed by atoms with Gasteiger partial charge in [0.25, 0.3) is 0 Å². The fraction of sp³-hybridized carbons (Fsp3) is 0.850. The Bertz CT molecular complexity index is 550. The third kappa shape index (κ3) is 1.63. The summed E-state index contributed by atoms with van der Waals surface area (Å²) in [7, 11) is 0. The van der Waals surface area contributed by atoms with Crippen LogP contribution in [0.25, 0.3) is 0 Å². The summed E-state index contributed by atoms with van der Waals surface area (Å²) < 4.78 is 0. The summed E-state index contributed by atoms with van der Waals surface area (Å²) in [4.78, 5) is 12.6. The van der Waals surface area contributed by atoms with Gasteiger partial charge in [0.2, 0.25) is 0 Å². The molecule has 0 aliphatic heterocycles. The van der Waals surface area contributed by atoms with E-state index < -0.39 is 0 Å². The Morgan fingerprint density at radius 1 is 1.09 bits per heavy atom. The lowest BCUT2D eigenvalue weighted by Crippen LogP contribution is -2.55. The normalized spacial score (nSPS) is 54.3. The lowest BCUT2D eigenvalue weighted by Gasteiger charge is -2.61. The highest BCUT2D eigenvalue weighted by Gasteiger charge is 2.64. The van der Waals surface area contributed by atoms with Gasteiger partial charge in [0.05, 0.1) is 6.10 Å². The smallest absolute Gasteiger partial charge is 0.139 e. The van der Waals surface area contributed by atoms with E-state index in [0.29, 0.717) is 17.6 Å². The number of hydrogen-bond donors (Lipinski definition) is 1. The van der Waals surface area contributed by atoms with Crippen molar-refractivity contribution in [3.05, 3.63) is 11.6 Å². The van der Waals surface area contributed by atoms with Gasteiger partial charge in [-0.15, -0.1) is 0 Å². The van der Waals surface area contributed by atoms with Crippen LogP contribution in [0, 0.1) is 28.1 Å². The van der Waals surface area contributed by atoms with Crippen molar-refractivity contribution in [1.82, 2.24) is 0 Å². The summed E-state index contributed by atoms with van der Waals surface area (Å²) in [5.41, 5.74) is 1.90. The second-order valence-corrected chi connectivity index (χ2v) is 9.20. The molecule has 0 spiro atoms. The van der Waals surface area contributed by atoms with E-state index in [2.05, 4.69) is 26.8 Å². The second-order valence-electron chi connectivity index (χ2n) is 9.20. The van der Waals surface area contributed by atoms with E-state index in [1.165, 1.54) is 12.0 Å². The van der Waals surface area contributed by atoms with E-state index in [1.54, 1.807) is 0 Å². The van der Waals surface area contributed by atoms with Crippen molar-refractivity contribution in [2.45, 2.75) is 78.2 Å². The minimum absolute atomic E-state index is 0.0793. The number of fused-ring (bicyclic) bond motifs is 5. The summed E-state index contributed by atoms with van der Waals surface area (Å²) in [6, 6.07) is 0. The van der Waals surface area contributed by atoms with Gasteiger partial charge < -0.3 is 5.11 Å². The number of aliphatic hydroxyl groups is 1. The topological polar surface area (TPSA) is 37.3 Å². The first kappa shape index (κ1) is 14.9. The maximum absolute atomic E-state index is 12.6. The first-order chi connectivity index (χ1) is 10.3. The van der Waals surface area contributed by atoms with Crippen LogP contribution in [0.3, 0.4) is 0 Å². The Labute approximate surface area is 134 Å². The van der Waals surface area contributed by atoms with Gasteiger partial charge in [0, 0.05) is 11.8 Å². The van der Waals surface area contributed by atoms with Crippen LogP contribution in [-0.2, 0) is 4.79 Å². The Morgan fingerprint density at radius 2 is 1.86 bits per heavy atom. The van der Waals surface area contributed by atoms with E-state index in [0.717, 1.165) is 44.9 Å². The Morgan fingerprint density at radius 3 is 2.64 bits per heavy atom. The quantitative estimate of drug-likeness (QED) is 0.679. The number of Topliss-reactive ketones (excluding diaryl/α,β-unsaturated/α-hetero) is 1. The van der Waals surface area contributed by atoms with Crippen molar-refractivity contribution in [2.24, 2.45) is 28.1 Å². The molecule has 0 saturated heterocycles. The Kier molecular flexibility index (Phi) is 3.03. The van der Waals surface area contributed by atoms with Crippen LogP contribution in [0.4, 0.5) is 0 Å².